The van der Waals surface area contributed by atoms with Gasteiger partial charge in [-0.1, -0.05) is 20.8 Å². The fourth-order valence-electron chi connectivity index (χ4n) is 4.62. The van der Waals surface area contributed by atoms with Crippen LogP contribution in [0.3, 0.4) is 0 Å². The summed E-state index contributed by atoms with van der Waals surface area (Å²) in [6, 6.07) is 0. The summed E-state index contributed by atoms with van der Waals surface area (Å²) in [6.45, 7) is 6.92. The quantitative estimate of drug-likeness (QED) is 0.686. The first-order valence-electron chi connectivity index (χ1n) is 6.70. The fourth-order valence-corrected chi connectivity index (χ4v) is 4.62. The molecule has 0 heterocycles. The monoisotopic (exact) mass is 222 g/mol. The molecule has 2 nitrogen and oxygen atoms in total. The van der Waals surface area contributed by atoms with Crippen molar-refractivity contribution in [2.75, 3.05) is 6.61 Å². The zero-order valence-corrected chi connectivity index (χ0v) is 10.5. The van der Waals surface area contributed by atoms with Crippen LogP contribution in [0.5, 0.6) is 0 Å². The van der Waals surface area contributed by atoms with Crippen molar-refractivity contribution < 1.29 is 9.53 Å². The highest BCUT2D eigenvalue weighted by Gasteiger charge is 2.68. The molecule has 2 heteroatoms. The Bertz CT molecular complexity index is 323. The van der Waals surface area contributed by atoms with E-state index in [1.165, 1.54) is 19.3 Å². The Hall–Kier alpha value is -0.530. The van der Waals surface area contributed by atoms with E-state index in [4.69, 9.17) is 4.74 Å². The van der Waals surface area contributed by atoms with Gasteiger partial charge in [0.15, 0.2) is 0 Å². The van der Waals surface area contributed by atoms with Gasteiger partial charge in [-0.2, -0.15) is 0 Å². The molecule has 0 aromatic heterocycles. The molecule has 0 aliphatic heterocycles. The molecule has 4 aliphatic carbocycles. The van der Waals surface area contributed by atoms with Crippen molar-refractivity contribution in [3.63, 3.8) is 0 Å². The number of ether oxygens (including phenoxy) is 1. The van der Waals surface area contributed by atoms with Crippen molar-refractivity contribution in [1.29, 1.82) is 0 Å². The Labute approximate surface area is 97.7 Å². The summed E-state index contributed by atoms with van der Waals surface area (Å²) >= 11 is 0. The lowest BCUT2D eigenvalue weighted by Gasteiger charge is -2.51. The Kier molecular flexibility index (Phi) is 2.15. The van der Waals surface area contributed by atoms with Gasteiger partial charge in [-0.15, -0.1) is 0 Å². The minimum Gasteiger partial charge on any atom is -0.465 e. The van der Waals surface area contributed by atoms with Crippen LogP contribution in [-0.2, 0) is 9.53 Å². The van der Waals surface area contributed by atoms with E-state index in [0.29, 0.717) is 17.9 Å². The minimum absolute atomic E-state index is 0.0187. The lowest BCUT2D eigenvalue weighted by molar-refractivity contribution is -0.151. The van der Waals surface area contributed by atoms with Crippen LogP contribution in [0.1, 0.15) is 40.0 Å². The molecule has 4 aliphatic rings. The van der Waals surface area contributed by atoms with Gasteiger partial charge in [0.25, 0.3) is 0 Å². The summed E-state index contributed by atoms with van der Waals surface area (Å²) in [5, 5.41) is 0. The summed E-state index contributed by atoms with van der Waals surface area (Å²) in [5.74, 6) is 3.45. The number of rotatable bonds is 3. The molecule has 0 amide bonds. The number of esters is 1. The molecule has 0 radical (unpaired) electrons. The van der Waals surface area contributed by atoms with Gasteiger partial charge in [0, 0.05) is 0 Å². The maximum Gasteiger partial charge on any atom is 0.308 e. The maximum absolute atomic E-state index is 11.4. The standard InChI is InChI=1S/C14H22O2/c1-8(2)13(15)16-7-10-4-14-5-11(9(14)3)12(10)6-14/h8-12H,4-7H2,1-3H3/t9?,10?,11?,12-,14+/m1/s1. The molecule has 1 spiro atoms. The minimum atomic E-state index is -0.0259. The van der Waals surface area contributed by atoms with E-state index < -0.39 is 0 Å². The summed E-state index contributed by atoms with van der Waals surface area (Å²) < 4.78 is 5.40. The molecule has 4 fully saturated rings. The molecule has 4 rings (SSSR count). The molecule has 0 N–H and O–H groups in total. The van der Waals surface area contributed by atoms with E-state index >= 15 is 0 Å². The predicted molar refractivity (Wildman–Crippen MR) is 61.7 cm³/mol. The smallest absolute Gasteiger partial charge is 0.308 e. The third-order valence-corrected chi connectivity index (χ3v) is 5.63. The van der Waals surface area contributed by atoms with Crippen molar-refractivity contribution in [1.82, 2.24) is 0 Å². The largest absolute Gasteiger partial charge is 0.465 e. The molecule has 0 aromatic carbocycles. The molecule has 16 heavy (non-hydrogen) atoms. The summed E-state index contributed by atoms with van der Waals surface area (Å²) in [4.78, 5) is 11.4. The Balaban J connectivity index is 1.55. The van der Waals surface area contributed by atoms with Gasteiger partial charge in [0.05, 0.1) is 12.5 Å². The SMILES string of the molecule is CC(C)C(=O)OCC1C[C@@]23CC(C2C)[C@@H]1C3. The van der Waals surface area contributed by atoms with Crippen LogP contribution >= 0.6 is 0 Å². The van der Waals surface area contributed by atoms with E-state index in [1.54, 1.807) is 0 Å². The molecule has 0 aromatic rings. The van der Waals surface area contributed by atoms with E-state index in [1.807, 2.05) is 13.8 Å². The van der Waals surface area contributed by atoms with E-state index in [0.717, 1.165) is 17.8 Å². The Morgan fingerprint density at radius 1 is 1.31 bits per heavy atom. The zero-order valence-electron chi connectivity index (χ0n) is 10.5. The highest BCUT2D eigenvalue weighted by atomic mass is 16.5. The first kappa shape index (κ1) is 10.6. The summed E-state index contributed by atoms with van der Waals surface area (Å²) in [5.41, 5.74) is 0.671. The summed E-state index contributed by atoms with van der Waals surface area (Å²) in [7, 11) is 0. The normalized spacial score (nSPS) is 48.2. The lowest BCUT2D eigenvalue weighted by Crippen LogP contribution is -2.45. The highest BCUT2D eigenvalue weighted by Crippen LogP contribution is 2.75. The second-order valence-corrected chi connectivity index (χ2v) is 6.64. The Morgan fingerprint density at radius 2 is 2.00 bits per heavy atom. The van der Waals surface area contributed by atoms with Crippen LogP contribution in [0.2, 0.25) is 0 Å². The van der Waals surface area contributed by atoms with Crippen molar-refractivity contribution in [2.24, 2.45) is 35.0 Å². The van der Waals surface area contributed by atoms with Crippen LogP contribution in [0.25, 0.3) is 0 Å². The molecule has 3 unspecified atom stereocenters. The Morgan fingerprint density at radius 3 is 2.44 bits per heavy atom. The number of hydrogen-bond donors (Lipinski definition) is 0. The van der Waals surface area contributed by atoms with Gasteiger partial charge >= 0.3 is 5.97 Å². The molecule has 5 atom stereocenters. The average Bonchev–Trinajstić information content (AvgIpc) is 2.88. The topological polar surface area (TPSA) is 26.3 Å². The van der Waals surface area contributed by atoms with Crippen molar-refractivity contribution in [3.8, 4) is 0 Å². The van der Waals surface area contributed by atoms with E-state index in [-0.39, 0.29) is 11.9 Å². The molecule has 4 saturated carbocycles. The third-order valence-electron chi connectivity index (χ3n) is 5.63. The third kappa shape index (κ3) is 1.22. The molecular weight excluding hydrogens is 200 g/mol. The van der Waals surface area contributed by atoms with Crippen LogP contribution in [0, 0.1) is 35.0 Å². The van der Waals surface area contributed by atoms with Gasteiger partial charge in [0.2, 0.25) is 0 Å². The van der Waals surface area contributed by atoms with Crippen LogP contribution in [-0.4, -0.2) is 12.6 Å². The van der Waals surface area contributed by atoms with Gasteiger partial charge in [0.1, 0.15) is 0 Å². The zero-order chi connectivity index (χ0) is 11.5. The average molecular weight is 222 g/mol. The molecular formula is C14H22O2. The van der Waals surface area contributed by atoms with Crippen LogP contribution in [0.15, 0.2) is 0 Å². The first-order chi connectivity index (χ1) is 7.53. The number of hydrogen-bond acceptors (Lipinski definition) is 2. The number of carbonyl (C=O) groups excluding carboxylic acids is 1. The van der Waals surface area contributed by atoms with Gasteiger partial charge in [-0.3, -0.25) is 4.79 Å². The van der Waals surface area contributed by atoms with E-state index in [9.17, 15) is 4.79 Å². The molecule has 3 bridgehead atoms. The van der Waals surface area contributed by atoms with Gasteiger partial charge < -0.3 is 4.74 Å². The lowest BCUT2D eigenvalue weighted by atomic mass is 9.54. The van der Waals surface area contributed by atoms with Crippen molar-refractivity contribution in [2.45, 2.75) is 40.0 Å². The fraction of sp³-hybridized carbons (Fsp3) is 0.929. The van der Waals surface area contributed by atoms with Gasteiger partial charge in [-0.25, -0.2) is 0 Å². The second-order valence-electron chi connectivity index (χ2n) is 6.64. The van der Waals surface area contributed by atoms with Crippen LogP contribution < -0.4 is 0 Å². The van der Waals surface area contributed by atoms with Gasteiger partial charge in [-0.05, 0) is 48.3 Å². The van der Waals surface area contributed by atoms with Crippen LogP contribution in [0.4, 0.5) is 0 Å². The van der Waals surface area contributed by atoms with E-state index in [2.05, 4.69) is 6.92 Å². The number of carbonyl (C=O) groups is 1. The second kappa shape index (κ2) is 3.24. The van der Waals surface area contributed by atoms with Crippen molar-refractivity contribution in [3.05, 3.63) is 0 Å². The maximum atomic E-state index is 11.4. The highest BCUT2D eigenvalue weighted by molar-refractivity contribution is 5.71. The summed E-state index contributed by atoms with van der Waals surface area (Å²) in [6.07, 6.45) is 4.21. The first-order valence-corrected chi connectivity index (χ1v) is 6.70. The molecule has 0 saturated heterocycles. The molecule has 90 valence electrons. The van der Waals surface area contributed by atoms with Crippen molar-refractivity contribution >= 4 is 5.97 Å². The predicted octanol–water partition coefficient (Wildman–Crippen LogP) is 2.87.